The van der Waals surface area contributed by atoms with E-state index in [0.717, 1.165) is 6.42 Å². The van der Waals surface area contributed by atoms with Gasteiger partial charge in [-0.05, 0) is 75.6 Å². The Morgan fingerprint density at radius 2 is 1.84 bits per heavy atom. The highest BCUT2D eigenvalue weighted by Crippen LogP contribution is 2.30. The maximum atomic E-state index is 14.4. The van der Waals surface area contributed by atoms with Crippen LogP contribution in [-0.2, 0) is 31.8 Å². The molecule has 0 saturated carbocycles. The number of aliphatic hydroxyl groups is 1. The van der Waals surface area contributed by atoms with E-state index in [-0.39, 0.29) is 58.6 Å². The van der Waals surface area contributed by atoms with Gasteiger partial charge in [0.2, 0.25) is 10.0 Å². The molecule has 1 aliphatic rings. The van der Waals surface area contributed by atoms with Gasteiger partial charge in [0.15, 0.2) is 5.03 Å². The van der Waals surface area contributed by atoms with Gasteiger partial charge in [0, 0.05) is 51.6 Å². The quantitative estimate of drug-likeness (QED) is 0.317. The summed E-state index contributed by atoms with van der Waals surface area (Å²) in [5.74, 6) is -0.0735. The molecule has 14 nitrogen and oxygen atoms in total. The van der Waals surface area contributed by atoms with Crippen molar-refractivity contribution in [3.05, 3.63) is 60.6 Å². The second-order valence-electron chi connectivity index (χ2n) is 12.5. The number of hydrogen-bond acceptors (Lipinski definition) is 10. The predicted octanol–water partition coefficient (Wildman–Crippen LogP) is 3.35. The SMILES string of the molecule is COc1ccc(S(=O)(=O)N(C)C[C@H]2OCCCC[C@H](C)Oc3ccc(NS(=O)(=O)c4cn(C)cn4)cc3C(=O)N([C@H](C)CO)C[C@@H]2C)cc1. The van der Waals surface area contributed by atoms with E-state index in [1.165, 1.54) is 64.7 Å². The first kappa shape index (κ1) is 38.1. The molecule has 0 aliphatic carbocycles. The number of imidazole rings is 1. The molecule has 4 rings (SSSR count). The van der Waals surface area contributed by atoms with Crippen LogP contribution in [0.3, 0.4) is 0 Å². The van der Waals surface area contributed by atoms with Gasteiger partial charge >= 0.3 is 0 Å². The highest BCUT2D eigenvalue weighted by Gasteiger charge is 2.33. The number of carbonyl (C=O) groups is 1. The molecule has 0 unspecified atom stereocenters. The number of nitrogens with one attached hydrogen (secondary N) is 1. The smallest absolute Gasteiger partial charge is 0.280 e. The number of nitrogens with zero attached hydrogens (tertiary/aromatic N) is 4. The third-order valence-corrected chi connectivity index (χ3v) is 11.6. The van der Waals surface area contributed by atoms with Crippen LogP contribution >= 0.6 is 0 Å². The number of aliphatic hydroxyl groups excluding tert-OH is 1. The van der Waals surface area contributed by atoms with Crippen molar-refractivity contribution in [3.63, 3.8) is 0 Å². The summed E-state index contributed by atoms with van der Waals surface area (Å²) in [4.78, 5) is 19.9. The largest absolute Gasteiger partial charge is 0.497 e. The number of amides is 1. The number of ether oxygens (including phenoxy) is 3. The summed E-state index contributed by atoms with van der Waals surface area (Å²) in [7, 11) is -3.29. The fourth-order valence-electron chi connectivity index (χ4n) is 5.46. The number of anilines is 1. The summed E-state index contributed by atoms with van der Waals surface area (Å²) in [6.45, 7) is 5.58. The van der Waals surface area contributed by atoms with Crippen molar-refractivity contribution in [2.75, 3.05) is 45.2 Å². The summed E-state index contributed by atoms with van der Waals surface area (Å²) in [5.41, 5.74) is 0.237. The molecule has 4 atom stereocenters. The Hall–Kier alpha value is -3.70. The van der Waals surface area contributed by atoms with Gasteiger partial charge in [0.05, 0.1) is 48.8 Å². The van der Waals surface area contributed by atoms with Crippen molar-refractivity contribution in [1.82, 2.24) is 18.8 Å². The summed E-state index contributed by atoms with van der Waals surface area (Å²) in [6, 6.07) is 9.98. The lowest BCUT2D eigenvalue weighted by molar-refractivity contribution is -0.00833. The molecule has 1 aromatic heterocycles. The molecule has 2 heterocycles. The van der Waals surface area contributed by atoms with Crippen molar-refractivity contribution in [3.8, 4) is 11.5 Å². The van der Waals surface area contributed by atoms with Gasteiger partial charge in [-0.1, -0.05) is 6.92 Å². The standard InChI is InChI=1S/C33H47N5O9S2/c1-23-18-38(24(2)21-39)33(40)29-17-26(35-48(41,42)32-20-36(4)22-34-32)10-15-30(29)47-25(3)9-7-8-16-46-31(23)19-37(5)49(43,44)28-13-11-27(45-6)12-14-28/h10-15,17,20,22-25,31,35,39H,7-9,16,18-19,21H2,1-6H3/t23-,24+,25-,31+/m0/s1. The first-order valence-corrected chi connectivity index (χ1v) is 19.0. The van der Waals surface area contributed by atoms with Crippen LogP contribution < -0.4 is 14.2 Å². The Kier molecular flexibility index (Phi) is 12.7. The number of likely N-dealkylation sites (N-methyl/N-ethyl adjacent to an activating group) is 1. The van der Waals surface area contributed by atoms with Crippen LogP contribution in [-0.4, -0.2) is 105 Å². The summed E-state index contributed by atoms with van der Waals surface area (Å²) in [6.07, 6.45) is 3.94. The average Bonchev–Trinajstić information content (AvgIpc) is 3.53. The Bertz CT molecular complexity index is 1780. The molecule has 16 heteroatoms. The Morgan fingerprint density at radius 3 is 2.47 bits per heavy atom. The minimum atomic E-state index is -4.06. The lowest BCUT2D eigenvalue weighted by Crippen LogP contribution is -2.48. The van der Waals surface area contributed by atoms with E-state index in [9.17, 15) is 26.7 Å². The van der Waals surface area contributed by atoms with E-state index in [2.05, 4.69) is 9.71 Å². The van der Waals surface area contributed by atoms with E-state index in [1.54, 1.807) is 32.2 Å². The van der Waals surface area contributed by atoms with Crippen molar-refractivity contribution >= 4 is 31.6 Å². The number of sulfonamides is 2. The molecule has 2 aromatic carbocycles. The molecule has 0 saturated heterocycles. The number of fused-ring (bicyclic) bond motifs is 1. The molecule has 3 aromatic rings. The Labute approximate surface area is 289 Å². The monoisotopic (exact) mass is 721 g/mol. The molecule has 0 bridgehead atoms. The third kappa shape index (κ3) is 9.51. The first-order chi connectivity index (χ1) is 23.2. The van der Waals surface area contributed by atoms with Gasteiger partial charge < -0.3 is 28.8 Å². The lowest BCUT2D eigenvalue weighted by Gasteiger charge is -2.35. The molecule has 0 fully saturated rings. The van der Waals surface area contributed by atoms with Crippen LogP contribution in [0.25, 0.3) is 0 Å². The number of aryl methyl sites for hydroxylation is 1. The van der Waals surface area contributed by atoms with E-state index in [0.29, 0.717) is 25.2 Å². The zero-order chi connectivity index (χ0) is 35.9. The third-order valence-electron chi connectivity index (χ3n) is 8.46. The summed E-state index contributed by atoms with van der Waals surface area (Å²) >= 11 is 0. The second-order valence-corrected chi connectivity index (χ2v) is 16.1. The molecule has 49 heavy (non-hydrogen) atoms. The van der Waals surface area contributed by atoms with Crippen LogP contribution in [0.2, 0.25) is 0 Å². The second kappa shape index (κ2) is 16.3. The number of benzene rings is 2. The van der Waals surface area contributed by atoms with Crippen LogP contribution in [0.1, 0.15) is 50.4 Å². The van der Waals surface area contributed by atoms with Gasteiger partial charge in [-0.15, -0.1) is 0 Å². The minimum absolute atomic E-state index is 0.0145. The van der Waals surface area contributed by atoms with Gasteiger partial charge in [-0.3, -0.25) is 9.52 Å². The van der Waals surface area contributed by atoms with Gasteiger partial charge in [-0.25, -0.2) is 13.4 Å². The fraction of sp³-hybridized carbons (Fsp3) is 0.515. The summed E-state index contributed by atoms with van der Waals surface area (Å²) < 4.78 is 76.1. The first-order valence-electron chi connectivity index (χ1n) is 16.1. The molecule has 0 radical (unpaired) electrons. The molecular formula is C33H47N5O9S2. The van der Waals surface area contributed by atoms with Gasteiger partial charge in [0.25, 0.3) is 15.9 Å². The minimum Gasteiger partial charge on any atom is -0.497 e. The number of carbonyl (C=O) groups excluding carboxylic acids is 1. The molecular weight excluding hydrogens is 675 g/mol. The number of methoxy groups -OCH3 is 1. The molecule has 0 spiro atoms. The van der Waals surface area contributed by atoms with Crippen molar-refractivity contribution in [2.45, 2.75) is 68.2 Å². The molecule has 270 valence electrons. The molecule has 1 amide bonds. The van der Waals surface area contributed by atoms with Gasteiger partial charge in [-0.2, -0.15) is 12.7 Å². The molecule has 2 N–H and O–H groups in total. The van der Waals surface area contributed by atoms with Crippen molar-refractivity contribution < 1.29 is 40.9 Å². The number of aromatic nitrogens is 2. The highest BCUT2D eigenvalue weighted by molar-refractivity contribution is 7.92. The van der Waals surface area contributed by atoms with E-state index in [1.807, 2.05) is 13.8 Å². The van der Waals surface area contributed by atoms with Crippen LogP contribution in [0, 0.1) is 5.92 Å². The average molecular weight is 722 g/mol. The predicted molar refractivity (Wildman–Crippen MR) is 184 cm³/mol. The molecule has 1 aliphatic heterocycles. The normalized spacial score (nSPS) is 20.6. The maximum Gasteiger partial charge on any atom is 0.280 e. The Morgan fingerprint density at radius 1 is 1.12 bits per heavy atom. The van der Waals surface area contributed by atoms with Crippen molar-refractivity contribution in [1.29, 1.82) is 0 Å². The maximum absolute atomic E-state index is 14.4. The zero-order valence-electron chi connectivity index (χ0n) is 28.8. The lowest BCUT2D eigenvalue weighted by atomic mass is 10.0. The van der Waals surface area contributed by atoms with E-state index < -0.39 is 38.1 Å². The highest BCUT2D eigenvalue weighted by atomic mass is 32.2. The number of rotatable bonds is 10. The van der Waals surface area contributed by atoms with Crippen LogP contribution in [0.4, 0.5) is 5.69 Å². The van der Waals surface area contributed by atoms with Crippen molar-refractivity contribution in [2.24, 2.45) is 13.0 Å². The number of hydrogen-bond donors (Lipinski definition) is 2. The fourth-order valence-corrected chi connectivity index (χ4v) is 7.68. The topological polar surface area (TPSA) is 170 Å². The van der Waals surface area contributed by atoms with E-state index in [4.69, 9.17) is 14.2 Å². The van der Waals surface area contributed by atoms with Gasteiger partial charge in [0.1, 0.15) is 11.5 Å². The zero-order valence-corrected chi connectivity index (χ0v) is 30.4. The van der Waals surface area contributed by atoms with Crippen LogP contribution in [0.5, 0.6) is 11.5 Å². The van der Waals surface area contributed by atoms with Crippen LogP contribution in [0.15, 0.2) is 64.9 Å². The Balaban J connectivity index is 1.66. The summed E-state index contributed by atoms with van der Waals surface area (Å²) in [5, 5.41) is 10.0. The van der Waals surface area contributed by atoms with E-state index >= 15 is 0 Å².